The van der Waals surface area contributed by atoms with Crippen molar-refractivity contribution in [1.29, 1.82) is 0 Å². The summed E-state index contributed by atoms with van der Waals surface area (Å²) >= 11 is 1.88. The number of fused-ring (bicyclic) bond motifs is 7. The Morgan fingerprint density at radius 1 is 0.317 bits per heavy atom. The molecule has 0 N–H and O–H groups in total. The average molecular weight is 782 g/mol. The van der Waals surface area contributed by atoms with Crippen molar-refractivity contribution >= 4 is 42.3 Å². The lowest BCUT2D eigenvalue weighted by atomic mass is 9.67. The summed E-state index contributed by atoms with van der Waals surface area (Å²) in [6.07, 6.45) is 0. The van der Waals surface area contributed by atoms with E-state index >= 15 is 0 Å². The Balaban J connectivity index is 0.925. The van der Waals surface area contributed by atoms with E-state index in [1.165, 1.54) is 70.1 Å². The predicted molar refractivity (Wildman–Crippen MR) is 249 cm³/mol. The van der Waals surface area contributed by atoms with Gasteiger partial charge in [0.2, 0.25) is 0 Å². The van der Waals surface area contributed by atoms with E-state index in [9.17, 15) is 0 Å². The van der Waals surface area contributed by atoms with E-state index in [0.717, 1.165) is 22.1 Å². The second-order valence-corrected chi connectivity index (χ2v) is 16.6. The maximum atomic E-state index is 4.96. The first-order chi connectivity index (χ1) is 29.7. The average Bonchev–Trinajstić information content (AvgIpc) is 3.85. The molecular weight excluding hydrogens is 747 g/mol. The van der Waals surface area contributed by atoms with Crippen molar-refractivity contribution in [2.45, 2.75) is 5.41 Å². The zero-order valence-electron chi connectivity index (χ0n) is 32.5. The molecule has 1 aliphatic carbocycles. The lowest BCUT2D eigenvalue weighted by molar-refractivity contribution is 0.770. The molecule has 9 aromatic carbocycles. The third-order valence-corrected chi connectivity index (χ3v) is 13.3. The highest BCUT2D eigenvalue weighted by atomic mass is 32.1. The highest BCUT2D eigenvalue weighted by Gasteiger charge is 2.45. The second-order valence-electron chi connectivity index (χ2n) is 15.5. The Morgan fingerprint density at radius 3 is 1.38 bits per heavy atom. The molecule has 11 aromatic rings. The van der Waals surface area contributed by atoms with Crippen molar-refractivity contribution in [3.63, 3.8) is 0 Å². The molecule has 0 radical (unpaired) electrons. The Bertz CT molecular complexity index is 3330. The monoisotopic (exact) mass is 781 g/mol. The molecule has 2 heterocycles. The minimum atomic E-state index is -0.410. The zero-order valence-corrected chi connectivity index (χ0v) is 33.3. The number of thiophene rings is 1. The van der Waals surface area contributed by atoms with Crippen LogP contribution in [0.15, 0.2) is 212 Å². The number of benzene rings is 9. The summed E-state index contributed by atoms with van der Waals surface area (Å²) in [4.78, 5) is 14.8. The Morgan fingerprint density at radius 2 is 0.767 bits per heavy atom. The maximum Gasteiger partial charge on any atom is 0.164 e. The molecule has 0 fully saturated rings. The van der Waals surface area contributed by atoms with E-state index in [1.807, 2.05) is 72.0 Å². The first kappa shape index (κ1) is 34.5. The first-order valence-corrected chi connectivity index (χ1v) is 21.2. The van der Waals surface area contributed by atoms with Gasteiger partial charge in [-0.3, -0.25) is 0 Å². The van der Waals surface area contributed by atoms with Crippen LogP contribution in [-0.4, -0.2) is 15.0 Å². The van der Waals surface area contributed by atoms with Gasteiger partial charge in [-0.2, -0.15) is 0 Å². The topological polar surface area (TPSA) is 38.7 Å². The van der Waals surface area contributed by atoms with Gasteiger partial charge in [-0.25, -0.2) is 15.0 Å². The molecule has 0 aliphatic heterocycles. The summed E-state index contributed by atoms with van der Waals surface area (Å²) < 4.78 is 2.58. The predicted octanol–water partition coefficient (Wildman–Crippen LogP) is 14.4. The molecule has 4 heteroatoms. The minimum Gasteiger partial charge on any atom is -0.208 e. The SMILES string of the molecule is c1ccc(-c2nc(-c3ccccc3)nc(-c3ccc4cc(-c5ccc6c(c5)sc5cc(C7(c8ccccc8)c8ccccc8-c8ccccc87)ccc56)ccc4c3)n2)cc1. The van der Waals surface area contributed by atoms with Gasteiger partial charge in [-0.15, -0.1) is 11.3 Å². The lowest BCUT2D eigenvalue weighted by Gasteiger charge is -2.33. The quantitative estimate of drug-likeness (QED) is 0.169. The van der Waals surface area contributed by atoms with Gasteiger partial charge in [-0.1, -0.05) is 188 Å². The van der Waals surface area contributed by atoms with Gasteiger partial charge in [0.05, 0.1) is 5.41 Å². The maximum absolute atomic E-state index is 4.96. The first-order valence-electron chi connectivity index (χ1n) is 20.3. The lowest BCUT2D eigenvalue weighted by Crippen LogP contribution is -2.28. The molecule has 0 bridgehead atoms. The summed E-state index contributed by atoms with van der Waals surface area (Å²) in [5.74, 6) is 1.98. The van der Waals surface area contributed by atoms with Gasteiger partial charge < -0.3 is 0 Å². The molecule has 60 heavy (non-hydrogen) atoms. The molecule has 2 aromatic heterocycles. The van der Waals surface area contributed by atoms with Crippen LogP contribution in [0.5, 0.6) is 0 Å². The largest absolute Gasteiger partial charge is 0.208 e. The van der Waals surface area contributed by atoms with Gasteiger partial charge in [0.15, 0.2) is 17.5 Å². The molecule has 0 saturated heterocycles. The third-order valence-electron chi connectivity index (χ3n) is 12.2. The van der Waals surface area contributed by atoms with E-state index in [-0.39, 0.29) is 0 Å². The van der Waals surface area contributed by atoms with Crippen LogP contribution < -0.4 is 0 Å². The number of hydrogen-bond donors (Lipinski definition) is 0. The Labute approximate surface area is 352 Å². The smallest absolute Gasteiger partial charge is 0.164 e. The highest BCUT2D eigenvalue weighted by Crippen LogP contribution is 2.56. The third kappa shape index (κ3) is 5.46. The summed E-state index contributed by atoms with van der Waals surface area (Å²) in [7, 11) is 0. The normalized spacial score (nSPS) is 12.8. The summed E-state index contributed by atoms with van der Waals surface area (Å²) in [5, 5.41) is 4.89. The zero-order chi connectivity index (χ0) is 39.6. The van der Waals surface area contributed by atoms with Crippen LogP contribution >= 0.6 is 11.3 Å². The molecule has 0 unspecified atom stereocenters. The molecule has 1 aliphatic rings. The van der Waals surface area contributed by atoms with Gasteiger partial charge >= 0.3 is 0 Å². The number of aromatic nitrogens is 3. The van der Waals surface area contributed by atoms with E-state index in [4.69, 9.17) is 15.0 Å². The van der Waals surface area contributed by atoms with E-state index in [1.54, 1.807) is 0 Å². The Kier molecular flexibility index (Phi) is 7.94. The van der Waals surface area contributed by atoms with E-state index < -0.39 is 5.41 Å². The standard InChI is InChI=1S/C56H35N3S/c1-4-14-36(15-5-1)53-57-54(37-16-6-2-7-17-37)59-55(58-53)42-27-26-38-32-39(24-25-40(38)33-42)41-28-30-47-48-31-29-44(35-52(48)60-51(47)34-41)56(43-18-8-3-9-19-43)49-22-12-10-20-45(49)46-21-11-13-23-50(46)56/h1-35H. The van der Waals surface area contributed by atoms with Crippen LogP contribution in [-0.2, 0) is 5.41 Å². The van der Waals surface area contributed by atoms with Crippen LogP contribution in [0.25, 0.3) is 87.4 Å². The number of hydrogen-bond acceptors (Lipinski definition) is 4. The minimum absolute atomic E-state index is 0.410. The summed E-state index contributed by atoms with van der Waals surface area (Å²) in [5.41, 5.74) is 12.7. The van der Waals surface area contributed by atoms with Gasteiger partial charge in [0.1, 0.15) is 0 Å². The van der Waals surface area contributed by atoms with Crippen molar-refractivity contribution in [2.24, 2.45) is 0 Å². The summed E-state index contributed by atoms with van der Waals surface area (Å²) in [6.45, 7) is 0. The number of nitrogens with zero attached hydrogens (tertiary/aromatic N) is 3. The molecule has 0 atom stereocenters. The van der Waals surface area contributed by atoms with Crippen molar-refractivity contribution < 1.29 is 0 Å². The van der Waals surface area contributed by atoms with Crippen molar-refractivity contribution in [2.75, 3.05) is 0 Å². The molecule has 12 rings (SSSR count). The summed E-state index contributed by atoms with van der Waals surface area (Å²) in [6, 6.07) is 76.5. The van der Waals surface area contributed by atoms with Crippen LogP contribution in [0.4, 0.5) is 0 Å². The van der Waals surface area contributed by atoms with Gasteiger partial charge in [-0.05, 0) is 79.5 Å². The van der Waals surface area contributed by atoms with Gasteiger partial charge in [0, 0.05) is 36.9 Å². The van der Waals surface area contributed by atoms with E-state index in [2.05, 4.69) is 152 Å². The van der Waals surface area contributed by atoms with Crippen molar-refractivity contribution in [3.05, 3.63) is 235 Å². The fraction of sp³-hybridized carbons (Fsp3) is 0.0179. The van der Waals surface area contributed by atoms with Crippen LogP contribution in [0, 0.1) is 0 Å². The fourth-order valence-electron chi connectivity index (χ4n) is 9.40. The molecule has 0 amide bonds. The molecule has 3 nitrogen and oxygen atoms in total. The van der Waals surface area contributed by atoms with Gasteiger partial charge in [0.25, 0.3) is 0 Å². The van der Waals surface area contributed by atoms with Crippen LogP contribution in [0.1, 0.15) is 22.3 Å². The van der Waals surface area contributed by atoms with Crippen LogP contribution in [0.3, 0.4) is 0 Å². The van der Waals surface area contributed by atoms with Crippen molar-refractivity contribution in [3.8, 4) is 56.4 Å². The molecule has 280 valence electrons. The Hall–Kier alpha value is -7.53. The fourth-order valence-corrected chi connectivity index (χ4v) is 10.6. The number of rotatable bonds is 6. The van der Waals surface area contributed by atoms with Crippen LogP contribution in [0.2, 0.25) is 0 Å². The van der Waals surface area contributed by atoms with E-state index in [0.29, 0.717) is 17.5 Å². The highest BCUT2D eigenvalue weighted by molar-refractivity contribution is 7.25. The van der Waals surface area contributed by atoms with Crippen molar-refractivity contribution in [1.82, 2.24) is 15.0 Å². The second kappa shape index (κ2) is 13.8. The molecular formula is C56H35N3S. The molecule has 0 saturated carbocycles. The molecule has 0 spiro atoms.